The van der Waals surface area contributed by atoms with E-state index < -0.39 is 0 Å². The minimum atomic E-state index is 0.274. The molecular formula is C16H35NO4. The van der Waals surface area contributed by atoms with Gasteiger partial charge in [-0.1, -0.05) is 26.7 Å². The summed E-state index contributed by atoms with van der Waals surface area (Å²) in [5.74, 6) is 0.561. The monoisotopic (exact) mass is 305 g/mol. The van der Waals surface area contributed by atoms with Crippen molar-refractivity contribution < 1.29 is 19.3 Å². The molecule has 0 aromatic heterocycles. The quantitative estimate of drug-likeness (QED) is 0.402. The van der Waals surface area contributed by atoms with Crippen molar-refractivity contribution in [2.75, 3.05) is 59.3 Å². The van der Waals surface area contributed by atoms with Crippen molar-refractivity contribution in [2.45, 2.75) is 39.5 Å². The van der Waals surface area contributed by atoms with Crippen LogP contribution in [0.2, 0.25) is 0 Å². The van der Waals surface area contributed by atoms with Crippen LogP contribution < -0.4 is 5.32 Å². The number of unbranched alkanes of at least 4 members (excludes halogenated alkanes) is 1. The number of rotatable bonds is 17. The summed E-state index contributed by atoms with van der Waals surface area (Å²) >= 11 is 0. The second-order valence-corrected chi connectivity index (χ2v) is 5.18. The third-order valence-corrected chi connectivity index (χ3v) is 3.36. The van der Waals surface area contributed by atoms with Gasteiger partial charge in [0.25, 0.3) is 0 Å². The second-order valence-electron chi connectivity index (χ2n) is 5.18. The van der Waals surface area contributed by atoms with E-state index in [-0.39, 0.29) is 6.61 Å². The summed E-state index contributed by atoms with van der Waals surface area (Å²) in [7, 11) is 0. The fourth-order valence-corrected chi connectivity index (χ4v) is 1.87. The van der Waals surface area contributed by atoms with Gasteiger partial charge in [0.05, 0.1) is 33.0 Å². The molecule has 128 valence electrons. The largest absolute Gasteiger partial charge is 0.396 e. The van der Waals surface area contributed by atoms with E-state index in [1.54, 1.807) is 0 Å². The van der Waals surface area contributed by atoms with E-state index in [2.05, 4.69) is 19.2 Å². The fourth-order valence-electron chi connectivity index (χ4n) is 1.87. The van der Waals surface area contributed by atoms with E-state index in [1.807, 2.05) is 0 Å². The van der Waals surface area contributed by atoms with Crippen molar-refractivity contribution in [3.63, 3.8) is 0 Å². The van der Waals surface area contributed by atoms with E-state index in [0.29, 0.717) is 39.0 Å². The lowest BCUT2D eigenvalue weighted by molar-refractivity contribution is 0.0145. The van der Waals surface area contributed by atoms with Gasteiger partial charge in [-0.05, 0) is 25.3 Å². The number of nitrogens with one attached hydrogen (secondary N) is 1. The van der Waals surface area contributed by atoms with Crippen LogP contribution in [-0.4, -0.2) is 64.4 Å². The average molecular weight is 305 g/mol. The molecular weight excluding hydrogens is 270 g/mol. The molecule has 0 radical (unpaired) electrons. The van der Waals surface area contributed by atoms with Gasteiger partial charge in [0.2, 0.25) is 0 Å². The van der Waals surface area contributed by atoms with Crippen LogP contribution in [-0.2, 0) is 14.2 Å². The minimum Gasteiger partial charge on any atom is -0.396 e. The Labute approximate surface area is 130 Å². The van der Waals surface area contributed by atoms with E-state index in [9.17, 15) is 0 Å². The first-order valence-electron chi connectivity index (χ1n) is 8.39. The van der Waals surface area contributed by atoms with Gasteiger partial charge in [-0.3, -0.25) is 0 Å². The topological polar surface area (TPSA) is 60.0 Å². The highest BCUT2D eigenvalue weighted by Gasteiger charge is 2.03. The zero-order valence-corrected chi connectivity index (χ0v) is 13.9. The predicted octanol–water partition coefficient (Wildman–Crippen LogP) is 1.83. The van der Waals surface area contributed by atoms with Crippen molar-refractivity contribution in [1.82, 2.24) is 5.32 Å². The highest BCUT2D eigenvalue weighted by atomic mass is 16.5. The zero-order valence-electron chi connectivity index (χ0n) is 13.9. The third kappa shape index (κ3) is 16.0. The molecule has 2 N–H and O–H groups in total. The summed E-state index contributed by atoms with van der Waals surface area (Å²) in [6.07, 6.45) is 4.26. The summed E-state index contributed by atoms with van der Waals surface area (Å²) in [6.45, 7) is 10.5. The number of ether oxygens (including phenoxy) is 3. The molecule has 5 nitrogen and oxygen atoms in total. The Balaban J connectivity index is 3.08. The summed E-state index contributed by atoms with van der Waals surface area (Å²) < 4.78 is 16.3. The van der Waals surface area contributed by atoms with Crippen molar-refractivity contribution in [3.05, 3.63) is 0 Å². The van der Waals surface area contributed by atoms with E-state index in [4.69, 9.17) is 19.3 Å². The summed E-state index contributed by atoms with van der Waals surface area (Å²) in [5, 5.41) is 12.3. The van der Waals surface area contributed by atoms with Crippen molar-refractivity contribution in [1.29, 1.82) is 0 Å². The number of aliphatic hydroxyl groups excluding tert-OH is 1. The second kappa shape index (κ2) is 17.9. The standard InChI is InChI=1S/C16H35NO4/c1-3-5-9-19-11-13-21-14-12-20-10-7-17-15-16(4-2)6-8-18/h16-18H,3-15H2,1-2H3. The molecule has 0 spiro atoms. The average Bonchev–Trinajstić information content (AvgIpc) is 2.50. The van der Waals surface area contributed by atoms with Crippen LogP contribution in [0.1, 0.15) is 39.5 Å². The van der Waals surface area contributed by atoms with E-state index in [1.165, 1.54) is 6.42 Å². The Bertz CT molecular complexity index is 193. The van der Waals surface area contributed by atoms with Crippen molar-refractivity contribution in [2.24, 2.45) is 5.92 Å². The lowest BCUT2D eigenvalue weighted by Crippen LogP contribution is -2.27. The molecule has 1 unspecified atom stereocenters. The molecule has 0 rings (SSSR count). The molecule has 0 fully saturated rings. The first kappa shape index (κ1) is 20.8. The van der Waals surface area contributed by atoms with Gasteiger partial charge in [-0.15, -0.1) is 0 Å². The molecule has 0 saturated heterocycles. The van der Waals surface area contributed by atoms with Gasteiger partial charge in [-0.25, -0.2) is 0 Å². The molecule has 0 amide bonds. The van der Waals surface area contributed by atoms with Gasteiger partial charge in [0.15, 0.2) is 0 Å². The van der Waals surface area contributed by atoms with Crippen LogP contribution in [0.25, 0.3) is 0 Å². The van der Waals surface area contributed by atoms with Crippen LogP contribution in [0.3, 0.4) is 0 Å². The lowest BCUT2D eigenvalue weighted by Gasteiger charge is -2.14. The zero-order chi connectivity index (χ0) is 15.6. The summed E-state index contributed by atoms with van der Waals surface area (Å²) in [5.41, 5.74) is 0. The lowest BCUT2D eigenvalue weighted by atomic mass is 10.0. The maximum atomic E-state index is 8.90. The molecule has 5 heteroatoms. The van der Waals surface area contributed by atoms with Crippen LogP contribution in [0.15, 0.2) is 0 Å². The summed E-state index contributed by atoms with van der Waals surface area (Å²) in [6, 6.07) is 0. The molecule has 0 aliphatic rings. The van der Waals surface area contributed by atoms with Crippen molar-refractivity contribution >= 4 is 0 Å². The third-order valence-electron chi connectivity index (χ3n) is 3.36. The Morgan fingerprint density at radius 3 is 2.10 bits per heavy atom. The molecule has 0 aromatic carbocycles. The molecule has 21 heavy (non-hydrogen) atoms. The Kier molecular flexibility index (Phi) is 17.7. The van der Waals surface area contributed by atoms with Crippen LogP contribution in [0, 0.1) is 5.92 Å². The first-order chi connectivity index (χ1) is 10.3. The minimum absolute atomic E-state index is 0.274. The van der Waals surface area contributed by atoms with Crippen molar-refractivity contribution in [3.8, 4) is 0 Å². The highest BCUT2D eigenvalue weighted by molar-refractivity contribution is 4.59. The fraction of sp³-hybridized carbons (Fsp3) is 1.00. The van der Waals surface area contributed by atoms with Gasteiger partial charge < -0.3 is 24.6 Å². The highest BCUT2D eigenvalue weighted by Crippen LogP contribution is 2.04. The number of aliphatic hydroxyl groups is 1. The Morgan fingerprint density at radius 1 is 0.905 bits per heavy atom. The van der Waals surface area contributed by atoms with Gasteiger partial charge in [-0.2, -0.15) is 0 Å². The van der Waals surface area contributed by atoms with Gasteiger partial charge >= 0.3 is 0 Å². The molecule has 0 saturated carbocycles. The maximum Gasteiger partial charge on any atom is 0.0701 e. The molecule has 0 aliphatic carbocycles. The molecule has 0 heterocycles. The number of hydrogen-bond donors (Lipinski definition) is 2. The van der Waals surface area contributed by atoms with E-state index in [0.717, 1.165) is 39.0 Å². The summed E-state index contributed by atoms with van der Waals surface area (Å²) in [4.78, 5) is 0. The molecule has 1 atom stereocenters. The molecule has 0 aromatic rings. The normalized spacial score (nSPS) is 12.7. The van der Waals surface area contributed by atoms with Gasteiger partial charge in [0.1, 0.15) is 0 Å². The SMILES string of the molecule is CCCCOCCOCCOCCNCC(CC)CCO. The van der Waals surface area contributed by atoms with Gasteiger partial charge in [0, 0.05) is 19.8 Å². The molecule has 0 aliphatic heterocycles. The molecule has 0 bridgehead atoms. The Hall–Kier alpha value is -0.200. The van der Waals surface area contributed by atoms with Crippen LogP contribution in [0.4, 0.5) is 0 Å². The smallest absolute Gasteiger partial charge is 0.0701 e. The van der Waals surface area contributed by atoms with E-state index >= 15 is 0 Å². The van der Waals surface area contributed by atoms with Crippen LogP contribution in [0.5, 0.6) is 0 Å². The predicted molar refractivity (Wildman–Crippen MR) is 85.7 cm³/mol. The Morgan fingerprint density at radius 2 is 1.52 bits per heavy atom. The maximum absolute atomic E-state index is 8.90. The van der Waals surface area contributed by atoms with Crippen LogP contribution >= 0.6 is 0 Å². The first-order valence-corrected chi connectivity index (χ1v) is 8.39. The number of hydrogen-bond acceptors (Lipinski definition) is 5.